The summed E-state index contributed by atoms with van der Waals surface area (Å²) in [5, 5.41) is 0. The molecule has 0 aliphatic carbocycles. The molecular formula is C20H22N2O4. The van der Waals surface area contributed by atoms with Gasteiger partial charge >= 0.3 is 0 Å². The van der Waals surface area contributed by atoms with Crippen molar-refractivity contribution in [3.05, 3.63) is 65.7 Å². The number of hydrazine groups is 1. The Balaban J connectivity index is 1.77. The van der Waals surface area contributed by atoms with Gasteiger partial charge in [0, 0.05) is 6.08 Å². The quantitative estimate of drug-likeness (QED) is 0.592. The second-order valence-electron chi connectivity index (χ2n) is 5.40. The zero-order valence-electron chi connectivity index (χ0n) is 14.8. The zero-order chi connectivity index (χ0) is 18.8. The van der Waals surface area contributed by atoms with Gasteiger partial charge in [-0.05, 0) is 48.4 Å². The van der Waals surface area contributed by atoms with E-state index in [1.54, 1.807) is 37.5 Å². The molecule has 0 spiro atoms. The molecule has 0 fully saturated rings. The van der Waals surface area contributed by atoms with E-state index in [1.165, 1.54) is 6.08 Å². The third-order valence-corrected chi connectivity index (χ3v) is 3.47. The Morgan fingerprint density at radius 1 is 0.962 bits per heavy atom. The summed E-state index contributed by atoms with van der Waals surface area (Å²) in [7, 11) is 1.58. The second-order valence-corrected chi connectivity index (χ2v) is 5.40. The molecule has 2 aromatic carbocycles. The Morgan fingerprint density at radius 3 is 2.23 bits per heavy atom. The Hall–Kier alpha value is -3.28. The highest BCUT2D eigenvalue weighted by molar-refractivity contribution is 5.93. The van der Waals surface area contributed by atoms with Crippen LogP contribution >= 0.6 is 0 Å². The number of methoxy groups -OCH3 is 1. The van der Waals surface area contributed by atoms with Crippen LogP contribution in [0.25, 0.3) is 6.08 Å². The van der Waals surface area contributed by atoms with Gasteiger partial charge in [-0.15, -0.1) is 0 Å². The minimum atomic E-state index is -0.415. The highest BCUT2D eigenvalue weighted by atomic mass is 16.5. The summed E-state index contributed by atoms with van der Waals surface area (Å²) < 4.78 is 10.4. The summed E-state index contributed by atoms with van der Waals surface area (Å²) in [4.78, 5) is 23.6. The number of benzene rings is 2. The van der Waals surface area contributed by atoms with E-state index in [-0.39, 0.29) is 12.3 Å². The van der Waals surface area contributed by atoms with Crippen molar-refractivity contribution in [2.24, 2.45) is 0 Å². The van der Waals surface area contributed by atoms with Gasteiger partial charge < -0.3 is 9.47 Å². The topological polar surface area (TPSA) is 76.7 Å². The van der Waals surface area contributed by atoms with Gasteiger partial charge in [-0.1, -0.05) is 24.3 Å². The van der Waals surface area contributed by atoms with Gasteiger partial charge in [0.1, 0.15) is 11.5 Å². The van der Waals surface area contributed by atoms with Crippen LogP contribution in [0, 0.1) is 0 Å². The van der Waals surface area contributed by atoms with Crippen molar-refractivity contribution in [1.82, 2.24) is 10.9 Å². The van der Waals surface area contributed by atoms with Crippen LogP contribution in [-0.4, -0.2) is 25.5 Å². The molecule has 0 saturated heterocycles. The van der Waals surface area contributed by atoms with Crippen LogP contribution in [0.1, 0.15) is 18.1 Å². The first-order valence-electron chi connectivity index (χ1n) is 8.23. The molecule has 6 nitrogen and oxygen atoms in total. The number of carbonyl (C=O) groups is 2. The standard InChI is InChI=1S/C20H22N2O4/c1-3-26-18-11-4-15(5-12-18)8-13-19(23)21-22-20(24)14-16-6-9-17(25-2)10-7-16/h4-13H,3,14H2,1-2H3,(H,21,23)(H,22,24)/b13-8+. The maximum Gasteiger partial charge on any atom is 0.262 e. The lowest BCUT2D eigenvalue weighted by Gasteiger charge is -2.06. The molecule has 0 aliphatic heterocycles. The SMILES string of the molecule is CCOc1ccc(/C=C/C(=O)NNC(=O)Cc2ccc(OC)cc2)cc1. The van der Waals surface area contributed by atoms with Gasteiger partial charge in [0.2, 0.25) is 5.91 Å². The third-order valence-electron chi connectivity index (χ3n) is 3.47. The fraction of sp³-hybridized carbons (Fsp3) is 0.200. The van der Waals surface area contributed by atoms with Crippen molar-refractivity contribution in [3.63, 3.8) is 0 Å². The molecule has 2 rings (SSSR count). The smallest absolute Gasteiger partial charge is 0.262 e. The minimum Gasteiger partial charge on any atom is -0.497 e. The zero-order valence-corrected chi connectivity index (χ0v) is 14.8. The first-order valence-corrected chi connectivity index (χ1v) is 8.23. The minimum absolute atomic E-state index is 0.160. The predicted molar refractivity (Wildman–Crippen MR) is 99.6 cm³/mol. The van der Waals surface area contributed by atoms with Crippen LogP contribution in [-0.2, 0) is 16.0 Å². The average molecular weight is 354 g/mol. The maximum atomic E-state index is 11.8. The van der Waals surface area contributed by atoms with Crippen LogP contribution in [0.4, 0.5) is 0 Å². The van der Waals surface area contributed by atoms with Crippen molar-refractivity contribution in [1.29, 1.82) is 0 Å². The Kier molecular flexibility index (Phi) is 7.24. The fourth-order valence-corrected chi connectivity index (χ4v) is 2.16. The van der Waals surface area contributed by atoms with Crippen LogP contribution in [0.15, 0.2) is 54.6 Å². The molecule has 0 heterocycles. The van der Waals surface area contributed by atoms with Crippen molar-refractivity contribution < 1.29 is 19.1 Å². The van der Waals surface area contributed by atoms with E-state index < -0.39 is 5.91 Å². The van der Waals surface area contributed by atoms with Gasteiger partial charge in [0.05, 0.1) is 20.1 Å². The monoisotopic (exact) mass is 354 g/mol. The fourth-order valence-electron chi connectivity index (χ4n) is 2.16. The molecule has 0 atom stereocenters. The molecule has 0 aromatic heterocycles. The van der Waals surface area contributed by atoms with E-state index in [0.29, 0.717) is 6.61 Å². The predicted octanol–water partition coefficient (Wildman–Crippen LogP) is 2.50. The summed E-state index contributed by atoms with van der Waals surface area (Å²) in [6.07, 6.45) is 3.16. The lowest BCUT2D eigenvalue weighted by Crippen LogP contribution is -2.41. The van der Waals surface area contributed by atoms with Gasteiger partial charge in [0.15, 0.2) is 0 Å². The molecule has 0 aliphatic rings. The van der Waals surface area contributed by atoms with Crippen molar-refractivity contribution in [3.8, 4) is 11.5 Å². The molecule has 0 saturated carbocycles. The molecule has 2 N–H and O–H groups in total. The first kappa shape index (κ1) is 19.1. The second kappa shape index (κ2) is 9.88. The molecule has 136 valence electrons. The summed E-state index contributed by atoms with van der Waals surface area (Å²) in [6.45, 7) is 2.52. The Bertz CT molecular complexity index is 752. The maximum absolute atomic E-state index is 11.8. The normalized spacial score (nSPS) is 10.4. The summed E-state index contributed by atoms with van der Waals surface area (Å²) >= 11 is 0. The molecular weight excluding hydrogens is 332 g/mol. The van der Waals surface area contributed by atoms with E-state index in [0.717, 1.165) is 22.6 Å². The number of hydrogen-bond donors (Lipinski definition) is 2. The first-order chi connectivity index (χ1) is 12.6. The van der Waals surface area contributed by atoms with Crippen LogP contribution in [0.5, 0.6) is 11.5 Å². The van der Waals surface area contributed by atoms with E-state index in [9.17, 15) is 9.59 Å². The molecule has 6 heteroatoms. The molecule has 0 radical (unpaired) electrons. The summed E-state index contributed by atoms with van der Waals surface area (Å²) in [5.41, 5.74) is 6.41. The summed E-state index contributed by atoms with van der Waals surface area (Å²) in [6, 6.07) is 14.5. The lowest BCUT2D eigenvalue weighted by atomic mass is 10.1. The highest BCUT2D eigenvalue weighted by Crippen LogP contribution is 2.13. The number of rotatable bonds is 7. The van der Waals surface area contributed by atoms with Crippen LogP contribution < -0.4 is 20.3 Å². The van der Waals surface area contributed by atoms with E-state index in [2.05, 4.69) is 10.9 Å². The van der Waals surface area contributed by atoms with E-state index in [1.807, 2.05) is 31.2 Å². The van der Waals surface area contributed by atoms with Gasteiger partial charge in [-0.25, -0.2) is 0 Å². The number of carbonyl (C=O) groups excluding carboxylic acids is 2. The van der Waals surface area contributed by atoms with Crippen LogP contribution in [0.3, 0.4) is 0 Å². The lowest BCUT2D eigenvalue weighted by molar-refractivity contribution is -0.126. The van der Waals surface area contributed by atoms with Crippen molar-refractivity contribution in [2.75, 3.05) is 13.7 Å². The highest BCUT2D eigenvalue weighted by Gasteiger charge is 2.04. The number of ether oxygens (including phenoxy) is 2. The molecule has 26 heavy (non-hydrogen) atoms. The van der Waals surface area contributed by atoms with E-state index in [4.69, 9.17) is 9.47 Å². The molecule has 0 unspecified atom stereocenters. The molecule has 2 aromatic rings. The largest absolute Gasteiger partial charge is 0.497 e. The number of amides is 2. The van der Waals surface area contributed by atoms with E-state index >= 15 is 0 Å². The van der Waals surface area contributed by atoms with Gasteiger partial charge in [0.25, 0.3) is 5.91 Å². The molecule has 0 bridgehead atoms. The van der Waals surface area contributed by atoms with Gasteiger partial charge in [-0.3, -0.25) is 20.4 Å². The number of hydrogen-bond acceptors (Lipinski definition) is 4. The van der Waals surface area contributed by atoms with Crippen molar-refractivity contribution >= 4 is 17.9 Å². The summed E-state index contributed by atoms with van der Waals surface area (Å²) in [5.74, 6) is 0.779. The van der Waals surface area contributed by atoms with Gasteiger partial charge in [-0.2, -0.15) is 0 Å². The van der Waals surface area contributed by atoms with Crippen molar-refractivity contribution in [2.45, 2.75) is 13.3 Å². The van der Waals surface area contributed by atoms with Crippen LogP contribution in [0.2, 0.25) is 0 Å². The molecule has 2 amide bonds. The number of nitrogens with one attached hydrogen (secondary N) is 2. The Morgan fingerprint density at radius 2 is 1.62 bits per heavy atom. The Labute approximate surface area is 152 Å². The third kappa shape index (κ3) is 6.32. The average Bonchev–Trinajstić information content (AvgIpc) is 2.66.